The van der Waals surface area contributed by atoms with Crippen molar-refractivity contribution in [2.45, 2.75) is 12.8 Å². The SMILES string of the molecule is O=[N+]([O-])c1ccsc1N1CCCC1. The molecule has 1 saturated heterocycles. The quantitative estimate of drug-likeness (QED) is 0.541. The molecular formula is C8H10N2O2S. The Hall–Kier alpha value is -1.10. The van der Waals surface area contributed by atoms with Crippen LogP contribution in [0.15, 0.2) is 11.4 Å². The fraction of sp³-hybridized carbons (Fsp3) is 0.500. The van der Waals surface area contributed by atoms with Crippen molar-refractivity contribution in [3.63, 3.8) is 0 Å². The van der Waals surface area contributed by atoms with E-state index in [-0.39, 0.29) is 10.6 Å². The van der Waals surface area contributed by atoms with Gasteiger partial charge in [-0.1, -0.05) is 0 Å². The van der Waals surface area contributed by atoms with E-state index in [1.807, 2.05) is 0 Å². The largest absolute Gasteiger partial charge is 0.358 e. The Bertz CT molecular complexity index is 318. The predicted octanol–water partition coefficient (Wildman–Crippen LogP) is 2.26. The topological polar surface area (TPSA) is 46.4 Å². The molecule has 0 radical (unpaired) electrons. The van der Waals surface area contributed by atoms with Gasteiger partial charge in [0.1, 0.15) is 0 Å². The summed E-state index contributed by atoms with van der Waals surface area (Å²) >= 11 is 1.46. The van der Waals surface area contributed by atoms with Crippen molar-refractivity contribution < 1.29 is 4.92 Å². The molecule has 0 unspecified atom stereocenters. The maximum absolute atomic E-state index is 10.6. The lowest BCUT2D eigenvalue weighted by Gasteiger charge is -2.13. The number of nitrogens with zero attached hydrogens (tertiary/aromatic N) is 2. The average Bonchev–Trinajstić information content (AvgIpc) is 2.74. The Morgan fingerprint density at radius 2 is 2.15 bits per heavy atom. The van der Waals surface area contributed by atoms with Crippen LogP contribution in [0.3, 0.4) is 0 Å². The van der Waals surface area contributed by atoms with E-state index >= 15 is 0 Å². The van der Waals surface area contributed by atoms with E-state index in [1.165, 1.54) is 11.3 Å². The van der Waals surface area contributed by atoms with Crippen molar-refractivity contribution in [1.82, 2.24) is 0 Å². The van der Waals surface area contributed by atoms with Crippen LogP contribution in [0.1, 0.15) is 12.8 Å². The molecule has 0 N–H and O–H groups in total. The van der Waals surface area contributed by atoms with Gasteiger partial charge >= 0.3 is 5.69 Å². The Labute approximate surface area is 79.9 Å². The first kappa shape index (κ1) is 8.50. The third-order valence-electron chi connectivity index (χ3n) is 2.21. The van der Waals surface area contributed by atoms with Gasteiger partial charge in [-0.05, 0) is 18.2 Å². The lowest BCUT2D eigenvalue weighted by atomic mass is 10.4. The number of thiophene rings is 1. The van der Waals surface area contributed by atoms with Crippen LogP contribution < -0.4 is 4.90 Å². The van der Waals surface area contributed by atoms with Crippen molar-refractivity contribution in [3.05, 3.63) is 21.6 Å². The van der Waals surface area contributed by atoms with Crippen LogP contribution in [0.5, 0.6) is 0 Å². The number of hydrogen-bond donors (Lipinski definition) is 0. The Balaban J connectivity index is 2.28. The van der Waals surface area contributed by atoms with Crippen LogP contribution in [0.25, 0.3) is 0 Å². The second-order valence-electron chi connectivity index (χ2n) is 3.06. The zero-order valence-electron chi connectivity index (χ0n) is 7.10. The first-order valence-corrected chi connectivity index (χ1v) is 5.14. The first-order valence-electron chi connectivity index (χ1n) is 4.26. The van der Waals surface area contributed by atoms with Gasteiger partial charge in [-0.25, -0.2) is 0 Å². The molecule has 0 aromatic carbocycles. The van der Waals surface area contributed by atoms with E-state index in [0.717, 1.165) is 30.9 Å². The summed E-state index contributed by atoms with van der Waals surface area (Å²) in [4.78, 5) is 12.4. The van der Waals surface area contributed by atoms with E-state index in [2.05, 4.69) is 4.90 Å². The van der Waals surface area contributed by atoms with Gasteiger partial charge in [-0.15, -0.1) is 11.3 Å². The maximum Gasteiger partial charge on any atom is 0.303 e. The highest BCUT2D eigenvalue weighted by molar-refractivity contribution is 7.14. The van der Waals surface area contributed by atoms with Gasteiger partial charge in [-0.3, -0.25) is 10.1 Å². The third kappa shape index (κ3) is 1.51. The number of rotatable bonds is 2. The highest BCUT2D eigenvalue weighted by atomic mass is 32.1. The summed E-state index contributed by atoms with van der Waals surface area (Å²) in [6.07, 6.45) is 2.30. The fourth-order valence-electron chi connectivity index (χ4n) is 1.59. The molecule has 0 bridgehead atoms. The van der Waals surface area contributed by atoms with Crippen LogP contribution in [-0.4, -0.2) is 18.0 Å². The Morgan fingerprint density at radius 3 is 2.77 bits per heavy atom. The number of anilines is 1. The summed E-state index contributed by atoms with van der Waals surface area (Å²) in [6, 6.07) is 1.58. The minimum atomic E-state index is -0.301. The Kier molecular flexibility index (Phi) is 2.18. The van der Waals surface area contributed by atoms with Gasteiger partial charge in [0.05, 0.1) is 4.92 Å². The summed E-state index contributed by atoms with van der Waals surface area (Å²) in [5.74, 6) is 0. The van der Waals surface area contributed by atoms with E-state index in [9.17, 15) is 10.1 Å². The zero-order chi connectivity index (χ0) is 9.26. The zero-order valence-corrected chi connectivity index (χ0v) is 7.92. The molecule has 1 aliphatic heterocycles. The lowest BCUT2D eigenvalue weighted by molar-refractivity contribution is -0.383. The van der Waals surface area contributed by atoms with E-state index in [4.69, 9.17) is 0 Å². The monoisotopic (exact) mass is 198 g/mol. The minimum Gasteiger partial charge on any atom is -0.358 e. The maximum atomic E-state index is 10.6. The summed E-state index contributed by atoms with van der Waals surface area (Å²) in [5, 5.41) is 13.2. The van der Waals surface area contributed by atoms with Crippen LogP contribution >= 0.6 is 11.3 Å². The third-order valence-corrected chi connectivity index (χ3v) is 3.18. The van der Waals surface area contributed by atoms with Crippen LogP contribution in [0, 0.1) is 10.1 Å². The van der Waals surface area contributed by atoms with E-state index in [0.29, 0.717) is 0 Å². The van der Waals surface area contributed by atoms with Crippen molar-refractivity contribution in [2.24, 2.45) is 0 Å². The normalized spacial score (nSPS) is 16.5. The summed E-state index contributed by atoms with van der Waals surface area (Å²) in [7, 11) is 0. The lowest BCUT2D eigenvalue weighted by Crippen LogP contribution is -2.17. The minimum absolute atomic E-state index is 0.256. The molecule has 0 saturated carbocycles. The molecule has 0 aliphatic carbocycles. The van der Waals surface area contributed by atoms with Crippen molar-refractivity contribution >= 4 is 22.0 Å². The molecule has 0 atom stereocenters. The van der Waals surface area contributed by atoms with Gasteiger partial charge < -0.3 is 4.90 Å². The second kappa shape index (κ2) is 3.33. The molecule has 4 nitrogen and oxygen atoms in total. The summed E-state index contributed by atoms with van der Waals surface area (Å²) < 4.78 is 0. The molecule has 0 spiro atoms. The molecule has 1 aliphatic rings. The molecule has 2 heterocycles. The average molecular weight is 198 g/mol. The van der Waals surface area contributed by atoms with Crippen molar-refractivity contribution in [2.75, 3.05) is 18.0 Å². The van der Waals surface area contributed by atoms with Gasteiger partial charge in [0.2, 0.25) is 0 Å². The van der Waals surface area contributed by atoms with Gasteiger partial charge in [0.25, 0.3) is 0 Å². The highest BCUT2D eigenvalue weighted by Crippen LogP contribution is 2.35. The predicted molar refractivity (Wildman–Crippen MR) is 52.4 cm³/mol. The number of nitro groups is 1. The molecule has 13 heavy (non-hydrogen) atoms. The van der Waals surface area contributed by atoms with E-state index in [1.54, 1.807) is 11.4 Å². The molecular weight excluding hydrogens is 188 g/mol. The molecule has 1 fully saturated rings. The first-order chi connectivity index (χ1) is 6.29. The standard InChI is InChI=1S/C8H10N2O2S/c11-10(12)7-3-6-13-8(7)9-4-1-2-5-9/h3,6H,1-2,4-5H2. The molecule has 5 heteroatoms. The highest BCUT2D eigenvalue weighted by Gasteiger charge is 2.22. The smallest absolute Gasteiger partial charge is 0.303 e. The molecule has 2 rings (SSSR count). The molecule has 0 amide bonds. The molecule has 1 aromatic rings. The summed E-state index contributed by atoms with van der Waals surface area (Å²) in [6.45, 7) is 1.92. The van der Waals surface area contributed by atoms with Crippen LogP contribution in [-0.2, 0) is 0 Å². The van der Waals surface area contributed by atoms with Crippen LogP contribution in [0.2, 0.25) is 0 Å². The Morgan fingerprint density at radius 1 is 1.46 bits per heavy atom. The molecule has 1 aromatic heterocycles. The van der Waals surface area contributed by atoms with Gasteiger partial charge in [0, 0.05) is 19.2 Å². The van der Waals surface area contributed by atoms with Gasteiger partial charge in [0.15, 0.2) is 5.00 Å². The summed E-state index contributed by atoms with van der Waals surface area (Å²) in [5.41, 5.74) is 0.256. The van der Waals surface area contributed by atoms with Crippen molar-refractivity contribution in [1.29, 1.82) is 0 Å². The van der Waals surface area contributed by atoms with Gasteiger partial charge in [-0.2, -0.15) is 0 Å². The molecule has 70 valence electrons. The second-order valence-corrected chi connectivity index (χ2v) is 3.96. The van der Waals surface area contributed by atoms with Crippen LogP contribution in [0.4, 0.5) is 10.7 Å². The number of hydrogen-bond acceptors (Lipinski definition) is 4. The fourth-order valence-corrected chi connectivity index (χ4v) is 2.51. The van der Waals surface area contributed by atoms with E-state index < -0.39 is 0 Å². The van der Waals surface area contributed by atoms with Crippen molar-refractivity contribution in [3.8, 4) is 0 Å².